The molecule has 1 aliphatic carbocycles. The van der Waals surface area contributed by atoms with Crippen molar-refractivity contribution < 1.29 is 18.6 Å². The Morgan fingerprint density at radius 1 is 0.980 bits per heavy atom. The molecule has 3 N–H and O–H groups in total. The van der Waals surface area contributed by atoms with Crippen molar-refractivity contribution in [3.8, 4) is 11.5 Å². The van der Waals surface area contributed by atoms with Gasteiger partial charge in [-0.25, -0.2) is 13.9 Å². The third-order valence-electron chi connectivity index (χ3n) is 9.92. The number of anilines is 3. The van der Waals surface area contributed by atoms with Crippen LogP contribution >= 0.6 is 0 Å². The zero-order chi connectivity index (χ0) is 35.6. The highest BCUT2D eigenvalue weighted by Crippen LogP contribution is 2.53. The molecule has 2 aliphatic rings. The molecule has 1 unspecified atom stereocenters. The van der Waals surface area contributed by atoms with Gasteiger partial charge in [-0.1, -0.05) is 48.5 Å². The van der Waals surface area contributed by atoms with E-state index in [9.17, 15) is 14.3 Å². The van der Waals surface area contributed by atoms with Crippen molar-refractivity contribution in [1.82, 2.24) is 9.71 Å². The van der Waals surface area contributed by atoms with Crippen molar-refractivity contribution in [3.63, 3.8) is 0 Å². The van der Waals surface area contributed by atoms with E-state index >= 15 is 0 Å². The Balaban J connectivity index is 1.32. The van der Waals surface area contributed by atoms with Gasteiger partial charge in [0.05, 0.1) is 40.9 Å². The molecule has 0 amide bonds. The van der Waals surface area contributed by atoms with E-state index in [0.717, 1.165) is 41.9 Å². The highest BCUT2D eigenvalue weighted by Gasteiger charge is 2.49. The fraction of sp³-hybridized carbons (Fsp3) is 0.395. The monoisotopic (exact) mass is 698 g/mol. The van der Waals surface area contributed by atoms with Crippen molar-refractivity contribution in [2.45, 2.75) is 63.9 Å². The first kappa shape index (κ1) is 35.2. The third-order valence-corrected chi connectivity index (χ3v) is 11.5. The van der Waals surface area contributed by atoms with Crippen LogP contribution in [0.5, 0.6) is 11.5 Å². The first-order valence-electron chi connectivity index (χ1n) is 16.9. The van der Waals surface area contributed by atoms with Crippen LogP contribution in [0, 0.1) is 15.5 Å². The Bertz CT molecular complexity index is 1800. The average molecular weight is 699 g/mol. The van der Waals surface area contributed by atoms with E-state index in [2.05, 4.69) is 33.9 Å². The summed E-state index contributed by atoms with van der Waals surface area (Å²) in [7, 11) is 1.99. The lowest BCUT2D eigenvalue weighted by molar-refractivity contribution is -0.383. The summed E-state index contributed by atoms with van der Waals surface area (Å²) in [5, 5.41) is 12.6. The van der Waals surface area contributed by atoms with Crippen LogP contribution in [0.25, 0.3) is 0 Å². The van der Waals surface area contributed by atoms with Crippen molar-refractivity contribution in [1.29, 1.82) is 0 Å². The molecule has 1 spiro atoms. The molecule has 0 saturated carbocycles. The molecule has 0 radical (unpaired) electrons. The van der Waals surface area contributed by atoms with Gasteiger partial charge in [0.25, 0.3) is 0 Å². The van der Waals surface area contributed by atoms with Gasteiger partial charge >= 0.3 is 5.69 Å². The van der Waals surface area contributed by atoms with Gasteiger partial charge < -0.3 is 25.0 Å². The number of methoxy groups -OCH3 is 2. The van der Waals surface area contributed by atoms with Crippen LogP contribution in [0.3, 0.4) is 0 Å². The van der Waals surface area contributed by atoms with E-state index in [0.29, 0.717) is 32.0 Å². The second kappa shape index (κ2) is 14.3. The fourth-order valence-electron chi connectivity index (χ4n) is 7.12. The van der Waals surface area contributed by atoms with Crippen LogP contribution in [0.15, 0.2) is 78.9 Å². The van der Waals surface area contributed by atoms with Crippen LogP contribution in [0.2, 0.25) is 0 Å². The van der Waals surface area contributed by atoms with Crippen LogP contribution in [0.4, 0.5) is 23.0 Å². The topological polar surface area (TPSA) is 136 Å². The number of piperidine rings is 1. The number of pyridine rings is 1. The number of aromatic nitrogens is 1. The quantitative estimate of drug-likeness (QED) is 0.129. The molecule has 2 atom stereocenters. The zero-order valence-electron chi connectivity index (χ0n) is 29.3. The molecule has 1 saturated heterocycles. The number of nitro groups is 1. The Morgan fingerprint density at radius 2 is 1.54 bits per heavy atom. The summed E-state index contributed by atoms with van der Waals surface area (Å²) in [5.74, 6) is 2.26. The lowest BCUT2D eigenvalue weighted by atomic mass is 9.73. The van der Waals surface area contributed by atoms with Gasteiger partial charge in [-0.05, 0) is 92.0 Å². The van der Waals surface area contributed by atoms with E-state index in [1.54, 1.807) is 20.3 Å². The number of rotatable bonds is 11. The summed E-state index contributed by atoms with van der Waals surface area (Å²) in [4.78, 5) is 21.2. The Morgan fingerprint density at radius 3 is 2.06 bits per heavy atom. The second-order valence-corrected chi connectivity index (χ2v) is 16.2. The SMILES string of the molecule is COc1ccc(CN(Cc2ccc(OC)cc2)c2nc(N3CCC4(CC3)Cc3ccccc3[C@H]4NS(=O)C(C)(C)C)cc(N)c2[N+](=O)[O-])cc1. The largest absolute Gasteiger partial charge is 0.497 e. The number of benzene rings is 3. The Hall–Kier alpha value is -4.68. The summed E-state index contributed by atoms with van der Waals surface area (Å²) in [5.41, 5.74) is 10.6. The molecule has 0 bridgehead atoms. The number of fused-ring (bicyclic) bond motifs is 1. The fourth-order valence-corrected chi connectivity index (χ4v) is 8.06. The first-order valence-corrected chi connectivity index (χ1v) is 18.0. The van der Waals surface area contributed by atoms with Gasteiger partial charge in [-0.2, -0.15) is 0 Å². The molecule has 1 aliphatic heterocycles. The van der Waals surface area contributed by atoms with Crippen molar-refractivity contribution in [2.24, 2.45) is 5.41 Å². The summed E-state index contributed by atoms with van der Waals surface area (Å²) < 4.78 is 27.2. The molecule has 1 fully saturated rings. The van der Waals surface area contributed by atoms with Gasteiger partial charge in [-0.3, -0.25) is 10.1 Å². The van der Waals surface area contributed by atoms with Crippen molar-refractivity contribution in [2.75, 3.05) is 42.8 Å². The van der Waals surface area contributed by atoms with Gasteiger partial charge in [0.1, 0.15) is 23.0 Å². The van der Waals surface area contributed by atoms with Crippen molar-refractivity contribution in [3.05, 3.63) is 111 Å². The number of hydrogen-bond donors (Lipinski definition) is 2. The maximum atomic E-state index is 13.4. The summed E-state index contributed by atoms with van der Waals surface area (Å²) >= 11 is 0. The molecule has 11 nitrogen and oxygen atoms in total. The molecular formula is C38H46N6O5S. The minimum Gasteiger partial charge on any atom is -0.497 e. The Kier molecular flexibility index (Phi) is 10.0. The van der Waals surface area contributed by atoms with Gasteiger partial charge in [-0.15, -0.1) is 0 Å². The maximum Gasteiger partial charge on any atom is 0.334 e. The van der Waals surface area contributed by atoms with E-state index in [1.807, 2.05) is 74.2 Å². The molecule has 2 heterocycles. The number of nitrogens with one attached hydrogen (secondary N) is 1. The highest BCUT2D eigenvalue weighted by atomic mass is 32.2. The van der Waals surface area contributed by atoms with Crippen LogP contribution in [-0.4, -0.2) is 46.2 Å². The van der Waals surface area contributed by atoms with Gasteiger partial charge in [0, 0.05) is 32.2 Å². The van der Waals surface area contributed by atoms with Gasteiger partial charge in [0.2, 0.25) is 5.82 Å². The molecule has 50 heavy (non-hydrogen) atoms. The highest BCUT2D eigenvalue weighted by molar-refractivity contribution is 7.84. The summed E-state index contributed by atoms with van der Waals surface area (Å²) in [6, 6.07) is 25.3. The normalized spacial score (nSPS) is 17.3. The zero-order valence-corrected chi connectivity index (χ0v) is 30.2. The average Bonchev–Trinajstić information content (AvgIpc) is 3.39. The van der Waals surface area contributed by atoms with E-state index in [4.69, 9.17) is 20.2 Å². The van der Waals surface area contributed by atoms with Crippen LogP contribution in [-0.2, 0) is 30.5 Å². The first-order chi connectivity index (χ1) is 23.9. The smallest absolute Gasteiger partial charge is 0.334 e. The standard InChI is InChI=1S/C38H46N6O5S/c1-37(2,3)50(47)41-35-31-9-7-6-8-28(31)23-38(35)18-20-42(21-19-38)33-22-32(39)34(44(45)46)36(40-33)43(24-26-10-14-29(48-4)15-11-26)25-27-12-16-30(49-5)17-13-27/h6-17,22,35,41H,18-21,23-25H2,1-5H3,(H2,39,40)/t35-,50?/m1/s1. The lowest BCUT2D eigenvalue weighted by Crippen LogP contribution is -2.48. The van der Waals surface area contributed by atoms with E-state index in [1.165, 1.54) is 11.1 Å². The predicted molar refractivity (Wildman–Crippen MR) is 199 cm³/mol. The molecule has 1 aromatic heterocycles. The van der Waals surface area contributed by atoms with E-state index < -0.39 is 20.7 Å². The summed E-state index contributed by atoms with van der Waals surface area (Å²) in [6.07, 6.45) is 2.56. The van der Waals surface area contributed by atoms with Crippen LogP contribution < -0.4 is 29.7 Å². The number of hydrogen-bond acceptors (Lipinski definition) is 9. The van der Waals surface area contributed by atoms with E-state index in [-0.39, 0.29) is 28.6 Å². The molecule has 3 aromatic carbocycles. The number of nitrogens with two attached hydrogens (primary N) is 1. The predicted octanol–water partition coefficient (Wildman–Crippen LogP) is 6.73. The van der Waals surface area contributed by atoms with Crippen molar-refractivity contribution >= 4 is 34.0 Å². The molecule has 12 heteroatoms. The molecular weight excluding hydrogens is 653 g/mol. The van der Waals surface area contributed by atoms with Gasteiger partial charge in [0.15, 0.2) is 0 Å². The maximum absolute atomic E-state index is 13.4. The second-order valence-electron chi connectivity index (χ2n) is 14.2. The molecule has 4 aromatic rings. The minimum atomic E-state index is -1.24. The Labute approximate surface area is 296 Å². The number of nitrogens with zero attached hydrogens (tertiary/aromatic N) is 4. The lowest BCUT2D eigenvalue weighted by Gasteiger charge is -2.44. The number of ether oxygens (including phenoxy) is 2. The number of nitrogen functional groups attached to an aromatic ring is 1. The molecule has 264 valence electrons. The summed E-state index contributed by atoms with van der Waals surface area (Å²) in [6.45, 7) is 8.02. The molecule has 6 rings (SSSR count). The van der Waals surface area contributed by atoms with Crippen LogP contribution in [0.1, 0.15) is 61.9 Å². The minimum absolute atomic E-state index is 0.0455. The third kappa shape index (κ3) is 7.27.